The highest BCUT2D eigenvalue weighted by atomic mass is 19.5. The zero-order valence-corrected chi connectivity index (χ0v) is 7.28. The predicted octanol–water partition coefficient (Wildman–Crippen LogP) is 2.28. The fourth-order valence-corrected chi connectivity index (χ4v) is 0.601. The van der Waals surface area contributed by atoms with Crippen molar-refractivity contribution in [3.63, 3.8) is 0 Å². The van der Waals surface area contributed by atoms with E-state index in [1.165, 1.54) is 0 Å². The minimum absolute atomic E-state index is 1.72. The molecular weight excluding hydrogens is 199 g/mol. The monoisotopic (exact) mass is 208 g/mol. The second-order valence-corrected chi connectivity index (χ2v) is 2.17. The van der Waals surface area contributed by atoms with Gasteiger partial charge >= 0.3 is 7.25 Å². The van der Waals surface area contributed by atoms with Gasteiger partial charge in [0.15, 0.2) is 0 Å². The average Bonchev–Trinajstić information content (AvgIpc) is 2.48. The average molecular weight is 208 g/mol. The minimum Gasteiger partial charge on any atom is -0.418 e. The van der Waals surface area contributed by atoms with Crippen molar-refractivity contribution in [2.75, 3.05) is 0 Å². The second kappa shape index (κ2) is 5.26. The number of aromatic nitrogens is 2. The lowest BCUT2D eigenvalue weighted by molar-refractivity contribution is -0.566. The molecule has 1 heterocycles. The van der Waals surface area contributed by atoms with Crippen LogP contribution in [0.3, 0.4) is 0 Å². The highest BCUT2D eigenvalue weighted by Gasteiger charge is 2.20. The van der Waals surface area contributed by atoms with Gasteiger partial charge in [-0.3, -0.25) is 0 Å². The zero-order chi connectivity index (χ0) is 11.2. The molecule has 0 aliphatic carbocycles. The molecule has 0 aromatic carbocycles. The van der Waals surface area contributed by atoms with E-state index in [0.29, 0.717) is 0 Å². The first-order valence-electron chi connectivity index (χ1n) is 3.57. The van der Waals surface area contributed by atoms with Gasteiger partial charge in [0, 0.05) is 0 Å². The van der Waals surface area contributed by atoms with Crippen LogP contribution in [-0.2, 0) is 0 Å². The topological polar surface area (TPSA) is 8.81 Å². The summed E-state index contributed by atoms with van der Waals surface area (Å²) in [6.45, 7) is 7.19. The number of rotatable bonds is 2. The third kappa shape index (κ3) is 7.14. The summed E-state index contributed by atoms with van der Waals surface area (Å²) < 4.78 is 42.7. The Morgan fingerprint density at radius 1 is 1.21 bits per heavy atom. The summed E-state index contributed by atoms with van der Waals surface area (Å²) in [5, 5.41) is 0. The summed E-state index contributed by atoms with van der Waals surface area (Å²) in [6, 6.07) is 0. The van der Waals surface area contributed by atoms with Gasteiger partial charge < -0.3 is 17.3 Å². The van der Waals surface area contributed by atoms with Crippen molar-refractivity contribution in [2.45, 2.75) is 0 Å². The Morgan fingerprint density at radius 3 is 1.93 bits per heavy atom. The van der Waals surface area contributed by atoms with Gasteiger partial charge in [0.25, 0.3) is 6.33 Å². The van der Waals surface area contributed by atoms with E-state index in [2.05, 4.69) is 13.2 Å². The second-order valence-electron chi connectivity index (χ2n) is 2.17. The van der Waals surface area contributed by atoms with Crippen LogP contribution in [-0.4, -0.2) is 11.8 Å². The summed E-state index contributed by atoms with van der Waals surface area (Å²) in [5.41, 5.74) is 0. The number of halogens is 4. The Bertz CT molecular complexity index is 276. The molecule has 0 saturated carbocycles. The van der Waals surface area contributed by atoms with Gasteiger partial charge in [-0.05, 0) is 0 Å². The molecule has 0 N–H and O–H groups in total. The van der Waals surface area contributed by atoms with E-state index < -0.39 is 7.25 Å². The third-order valence-corrected chi connectivity index (χ3v) is 1.10. The first-order valence-corrected chi connectivity index (χ1v) is 3.57. The van der Waals surface area contributed by atoms with Crippen molar-refractivity contribution in [1.82, 2.24) is 4.57 Å². The van der Waals surface area contributed by atoms with Gasteiger partial charge in [-0.1, -0.05) is 13.2 Å². The van der Waals surface area contributed by atoms with Crippen LogP contribution < -0.4 is 4.57 Å². The van der Waals surface area contributed by atoms with Crippen LogP contribution in [0.2, 0.25) is 0 Å². The SMILES string of the molecule is C=Cn1cc[n+](C=C)c1.F[B-](F)(F)F. The molecule has 2 nitrogen and oxygen atoms in total. The molecule has 0 bridgehead atoms. The first kappa shape index (κ1) is 12.5. The molecule has 0 unspecified atom stereocenters. The van der Waals surface area contributed by atoms with Gasteiger partial charge in [-0.25, -0.2) is 9.13 Å². The Morgan fingerprint density at radius 2 is 1.71 bits per heavy atom. The van der Waals surface area contributed by atoms with Crippen LogP contribution in [0.25, 0.3) is 12.4 Å². The molecule has 1 rings (SSSR count). The van der Waals surface area contributed by atoms with E-state index in [9.17, 15) is 17.3 Å². The summed E-state index contributed by atoms with van der Waals surface area (Å²) in [5.74, 6) is 0. The molecule has 1 aromatic rings. The van der Waals surface area contributed by atoms with Crippen LogP contribution in [0.4, 0.5) is 17.3 Å². The summed E-state index contributed by atoms with van der Waals surface area (Å²) in [7, 11) is -6.00. The van der Waals surface area contributed by atoms with E-state index in [4.69, 9.17) is 0 Å². The maximum atomic E-state index is 9.75. The number of imidazole rings is 1. The smallest absolute Gasteiger partial charge is 0.418 e. The molecule has 0 saturated heterocycles. The van der Waals surface area contributed by atoms with Gasteiger partial charge in [-0.2, -0.15) is 0 Å². The summed E-state index contributed by atoms with van der Waals surface area (Å²) in [4.78, 5) is 0. The minimum atomic E-state index is -6.00. The Hall–Kier alpha value is -1.53. The standard InChI is InChI=1S/C7H9N2.BF4/c1-3-8-5-6-9(4-2)7-8;2-1(3,4)5/h3-7H,1-2H2;/q+1;-1. The maximum absolute atomic E-state index is 9.75. The van der Waals surface area contributed by atoms with Crippen molar-refractivity contribution in [1.29, 1.82) is 0 Å². The zero-order valence-electron chi connectivity index (χ0n) is 7.28. The molecule has 78 valence electrons. The Kier molecular flexibility index (Phi) is 4.68. The fourth-order valence-electron chi connectivity index (χ4n) is 0.601. The van der Waals surface area contributed by atoms with Crippen molar-refractivity contribution in [2.24, 2.45) is 0 Å². The van der Waals surface area contributed by atoms with Crippen molar-refractivity contribution >= 4 is 19.7 Å². The molecule has 0 spiro atoms. The molecule has 0 amide bonds. The molecule has 0 aliphatic rings. The number of nitrogens with zero attached hydrogens (tertiary/aromatic N) is 2. The quantitative estimate of drug-likeness (QED) is 0.400. The third-order valence-electron chi connectivity index (χ3n) is 1.10. The molecule has 14 heavy (non-hydrogen) atoms. The lowest BCUT2D eigenvalue weighted by atomic mass is 10.3. The lowest BCUT2D eigenvalue weighted by Gasteiger charge is -1.94. The molecule has 0 atom stereocenters. The number of hydrogen-bond acceptors (Lipinski definition) is 0. The van der Waals surface area contributed by atoms with Crippen molar-refractivity contribution in [3.05, 3.63) is 31.9 Å². The fraction of sp³-hybridized carbons (Fsp3) is 0. The highest BCUT2D eigenvalue weighted by Crippen LogP contribution is 2.06. The van der Waals surface area contributed by atoms with Crippen molar-refractivity contribution in [3.8, 4) is 0 Å². The van der Waals surface area contributed by atoms with Crippen LogP contribution in [0.1, 0.15) is 0 Å². The van der Waals surface area contributed by atoms with Gasteiger partial charge in [-0.15, -0.1) is 0 Å². The van der Waals surface area contributed by atoms with Crippen LogP contribution in [0.15, 0.2) is 31.9 Å². The van der Waals surface area contributed by atoms with Crippen LogP contribution >= 0.6 is 0 Å². The molecule has 1 aromatic heterocycles. The van der Waals surface area contributed by atoms with Gasteiger partial charge in [0.2, 0.25) is 0 Å². The van der Waals surface area contributed by atoms with E-state index in [-0.39, 0.29) is 0 Å². The molecule has 7 heteroatoms. The van der Waals surface area contributed by atoms with Gasteiger partial charge in [0.1, 0.15) is 12.4 Å². The molecule has 0 aliphatic heterocycles. The highest BCUT2D eigenvalue weighted by molar-refractivity contribution is 6.50. The Balaban J connectivity index is 0.000000292. The predicted molar refractivity (Wildman–Crippen MR) is 47.6 cm³/mol. The van der Waals surface area contributed by atoms with E-state index in [0.717, 1.165) is 0 Å². The van der Waals surface area contributed by atoms with E-state index >= 15 is 0 Å². The van der Waals surface area contributed by atoms with E-state index in [1.54, 1.807) is 12.4 Å². The van der Waals surface area contributed by atoms with Crippen molar-refractivity contribution < 1.29 is 21.8 Å². The van der Waals surface area contributed by atoms with Crippen LogP contribution in [0, 0.1) is 0 Å². The summed E-state index contributed by atoms with van der Waals surface area (Å²) in [6.07, 6.45) is 9.11. The van der Waals surface area contributed by atoms with Gasteiger partial charge in [0.05, 0.1) is 12.4 Å². The maximum Gasteiger partial charge on any atom is 0.673 e. The lowest BCUT2D eigenvalue weighted by Crippen LogP contribution is -2.20. The van der Waals surface area contributed by atoms with Crippen LogP contribution in [0.5, 0.6) is 0 Å². The largest absolute Gasteiger partial charge is 0.673 e. The van der Waals surface area contributed by atoms with E-state index in [1.807, 2.05) is 27.9 Å². The Labute approximate surface area is 78.9 Å². The normalized spacial score (nSPS) is 10.0. The summed E-state index contributed by atoms with van der Waals surface area (Å²) >= 11 is 0. The molecule has 0 radical (unpaired) electrons. The molecular formula is C7H9BF4N2. The molecule has 0 fully saturated rings. The number of hydrogen-bond donors (Lipinski definition) is 0. The first-order chi connectivity index (χ1) is 6.36.